The van der Waals surface area contributed by atoms with E-state index >= 15 is 0 Å². The molecule has 2 rings (SSSR count). The second-order valence-corrected chi connectivity index (χ2v) is 8.51. The van der Waals surface area contributed by atoms with Gasteiger partial charge in [0, 0.05) is 19.3 Å². The van der Waals surface area contributed by atoms with Gasteiger partial charge in [0.15, 0.2) is 9.84 Å². The van der Waals surface area contributed by atoms with Crippen molar-refractivity contribution < 1.29 is 8.42 Å². The molecule has 0 bridgehead atoms. The number of nitrogens with two attached hydrogens (primary N) is 1. The Morgan fingerprint density at radius 2 is 2.14 bits per heavy atom. The normalized spacial score (nSPS) is 20.0. The molecule has 0 aromatic carbocycles. The molecule has 1 aliphatic heterocycles. The van der Waals surface area contributed by atoms with Crippen LogP contribution in [0.1, 0.15) is 37.5 Å². The SMILES string of the molecule is CCC1CCCN(c2sc(C#N)c(N)c2S(C)(=O)=O)CC1. The van der Waals surface area contributed by atoms with Gasteiger partial charge in [-0.25, -0.2) is 8.42 Å². The Hall–Kier alpha value is -1.26. The predicted octanol–water partition coefficient (Wildman–Crippen LogP) is 2.62. The molecule has 1 fully saturated rings. The smallest absolute Gasteiger partial charge is 0.180 e. The third kappa shape index (κ3) is 3.33. The summed E-state index contributed by atoms with van der Waals surface area (Å²) < 4.78 is 24.1. The molecule has 1 saturated heterocycles. The lowest BCUT2D eigenvalue weighted by Gasteiger charge is -2.22. The lowest BCUT2D eigenvalue weighted by Crippen LogP contribution is -2.25. The van der Waals surface area contributed by atoms with E-state index in [-0.39, 0.29) is 10.6 Å². The number of rotatable bonds is 3. The lowest BCUT2D eigenvalue weighted by molar-refractivity contribution is 0.459. The molecule has 2 heterocycles. The maximum Gasteiger partial charge on any atom is 0.180 e. The standard InChI is InChI=1S/C14H21N3O2S2/c1-3-10-5-4-7-17(8-6-10)14-13(21(2,18)19)12(16)11(9-15)20-14/h10H,3-8,16H2,1-2H3. The minimum atomic E-state index is -3.44. The van der Waals surface area contributed by atoms with E-state index in [1.165, 1.54) is 17.8 Å². The number of nitrogens with zero attached hydrogens (tertiary/aromatic N) is 2. The molecule has 2 N–H and O–H groups in total. The van der Waals surface area contributed by atoms with Crippen LogP contribution in [0.2, 0.25) is 0 Å². The fraction of sp³-hybridized carbons (Fsp3) is 0.643. The number of nitriles is 1. The first kappa shape index (κ1) is 16.1. The summed E-state index contributed by atoms with van der Waals surface area (Å²) in [6, 6.07) is 2.01. The zero-order valence-electron chi connectivity index (χ0n) is 12.4. The molecule has 0 amide bonds. The Morgan fingerprint density at radius 3 is 2.71 bits per heavy atom. The summed E-state index contributed by atoms with van der Waals surface area (Å²) in [5, 5.41) is 9.77. The van der Waals surface area contributed by atoms with Gasteiger partial charge >= 0.3 is 0 Å². The van der Waals surface area contributed by atoms with E-state index in [1.54, 1.807) is 0 Å². The van der Waals surface area contributed by atoms with Crippen LogP contribution >= 0.6 is 11.3 Å². The number of anilines is 2. The Morgan fingerprint density at radius 1 is 1.43 bits per heavy atom. The van der Waals surface area contributed by atoms with Crippen molar-refractivity contribution in [1.29, 1.82) is 5.26 Å². The topological polar surface area (TPSA) is 87.2 Å². The van der Waals surface area contributed by atoms with Gasteiger partial charge in [-0.2, -0.15) is 5.26 Å². The average molecular weight is 327 g/mol. The second-order valence-electron chi connectivity index (χ2n) is 5.56. The zero-order valence-corrected chi connectivity index (χ0v) is 14.1. The predicted molar refractivity (Wildman–Crippen MR) is 86.4 cm³/mol. The Balaban J connectivity index is 2.42. The molecule has 1 atom stereocenters. The lowest BCUT2D eigenvalue weighted by atomic mass is 9.98. The van der Waals surface area contributed by atoms with E-state index in [0.717, 1.165) is 38.6 Å². The van der Waals surface area contributed by atoms with Gasteiger partial charge < -0.3 is 10.6 Å². The largest absolute Gasteiger partial charge is 0.396 e. The number of hydrogen-bond donors (Lipinski definition) is 1. The molecule has 116 valence electrons. The first-order chi connectivity index (χ1) is 9.88. The molecule has 5 nitrogen and oxygen atoms in total. The van der Waals surface area contributed by atoms with Crippen LogP contribution in [0.3, 0.4) is 0 Å². The van der Waals surface area contributed by atoms with Gasteiger partial charge in [0.1, 0.15) is 20.8 Å². The third-order valence-electron chi connectivity index (χ3n) is 4.07. The van der Waals surface area contributed by atoms with Crippen molar-refractivity contribution in [3.05, 3.63) is 4.88 Å². The first-order valence-electron chi connectivity index (χ1n) is 7.15. The van der Waals surface area contributed by atoms with Gasteiger partial charge in [0.25, 0.3) is 0 Å². The van der Waals surface area contributed by atoms with Crippen LogP contribution in [0.4, 0.5) is 10.7 Å². The van der Waals surface area contributed by atoms with Crippen molar-refractivity contribution in [3.63, 3.8) is 0 Å². The van der Waals surface area contributed by atoms with Crippen molar-refractivity contribution in [1.82, 2.24) is 0 Å². The van der Waals surface area contributed by atoms with Gasteiger partial charge in [-0.3, -0.25) is 0 Å². The summed E-state index contributed by atoms with van der Waals surface area (Å²) in [4.78, 5) is 2.52. The highest BCUT2D eigenvalue weighted by atomic mass is 32.2. The molecule has 0 radical (unpaired) electrons. The van der Waals surface area contributed by atoms with E-state index in [0.29, 0.717) is 15.8 Å². The highest BCUT2D eigenvalue weighted by Crippen LogP contribution is 2.42. The quantitative estimate of drug-likeness (QED) is 0.922. The van der Waals surface area contributed by atoms with Gasteiger partial charge in [-0.05, 0) is 25.2 Å². The molecule has 1 aliphatic rings. The van der Waals surface area contributed by atoms with Crippen molar-refractivity contribution in [2.75, 3.05) is 30.0 Å². The molecular formula is C14H21N3O2S2. The summed E-state index contributed by atoms with van der Waals surface area (Å²) in [6.45, 7) is 3.84. The monoisotopic (exact) mass is 327 g/mol. The Labute approximate surface area is 130 Å². The van der Waals surface area contributed by atoms with Gasteiger partial charge in [-0.15, -0.1) is 11.3 Å². The van der Waals surface area contributed by atoms with Crippen LogP contribution in [-0.4, -0.2) is 27.8 Å². The zero-order chi connectivity index (χ0) is 15.6. The van der Waals surface area contributed by atoms with Gasteiger partial charge in [0.05, 0.1) is 5.69 Å². The van der Waals surface area contributed by atoms with Gasteiger partial charge in [-0.1, -0.05) is 13.3 Å². The second kappa shape index (κ2) is 6.24. The van der Waals surface area contributed by atoms with Crippen LogP contribution in [0.25, 0.3) is 0 Å². The molecule has 21 heavy (non-hydrogen) atoms. The molecule has 1 aromatic heterocycles. The van der Waals surface area contributed by atoms with Crippen LogP contribution in [0, 0.1) is 17.2 Å². The van der Waals surface area contributed by atoms with Crippen LogP contribution in [0.15, 0.2) is 4.90 Å². The Bertz CT molecular complexity index is 658. The molecule has 0 spiro atoms. The number of hydrogen-bond acceptors (Lipinski definition) is 6. The molecule has 7 heteroatoms. The maximum absolute atomic E-state index is 12.0. The highest BCUT2D eigenvalue weighted by molar-refractivity contribution is 7.91. The third-order valence-corrected chi connectivity index (χ3v) is 6.52. The van der Waals surface area contributed by atoms with E-state index in [1.807, 2.05) is 6.07 Å². The highest BCUT2D eigenvalue weighted by Gasteiger charge is 2.28. The molecule has 0 saturated carbocycles. The number of sulfone groups is 1. The van der Waals surface area contributed by atoms with Crippen molar-refractivity contribution in [3.8, 4) is 6.07 Å². The van der Waals surface area contributed by atoms with Gasteiger partial charge in [0.2, 0.25) is 0 Å². The molecule has 1 aromatic rings. The maximum atomic E-state index is 12.0. The molecule has 1 unspecified atom stereocenters. The van der Waals surface area contributed by atoms with Crippen LogP contribution in [-0.2, 0) is 9.84 Å². The van der Waals surface area contributed by atoms with Crippen LogP contribution in [0.5, 0.6) is 0 Å². The summed E-state index contributed by atoms with van der Waals surface area (Å²) in [5.74, 6) is 0.699. The van der Waals surface area contributed by atoms with Crippen LogP contribution < -0.4 is 10.6 Å². The summed E-state index contributed by atoms with van der Waals surface area (Å²) in [7, 11) is -3.44. The average Bonchev–Trinajstić information content (AvgIpc) is 2.61. The summed E-state index contributed by atoms with van der Waals surface area (Å²) >= 11 is 1.20. The minimum absolute atomic E-state index is 0.108. The number of thiophene rings is 1. The van der Waals surface area contributed by atoms with Crippen molar-refractivity contribution >= 4 is 31.9 Å². The first-order valence-corrected chi connectivity index (χ1v) is 9.86. The Kier molecular flexibility index (Phi) is 4.79. The molecule has 0 aliphatic carbocycles. The van der Waals surface area contributed by atoms with E-state index in [4.69, 9.17) is 11.0 Å². The van der Waals surface area contributed by atoms with E-state index < -0.39 is 9.84 Å². The fourth-order valence-electron chi connectivity index (χ4n) is 2.84. The van der Waals surface area contributed by atoms with E-state index in [9.17, 15) is 8.42 Å². The summed E-state index contributed by atoms with van der Waals surface area (Å²) in [6.07, 6.45) is 5.58. The fourth-order valence-corrected chi connectivity index (χ4v) is 5.40. The van der Waals surface area contributed by atoms with E-state index in [2.05, 4.69) is 11.8 Å². The van der Waals surface area contributed by atoms with Crippen molar-refractivity contribution in [2.24, 2.45) is 5.92 Å². The minimum Gasteiger partial charge on any atom is -0.396 e. The van der Waals surface area contributed by atoms with Crippen molar-refractivity contribution in [2.45, 2.75) is 37.5 Å². The summed E-state index contributed by atoms with van der Waals surface area (Å²) in [5.41, 5.74) is 5.99. The molecular weight excluding hydrogens is 306 g/mol. The number of nitrogen functional groups attached to an aromatic ring is 1.